The Balaban J connectivity index is 2.58. The van der Waals surface area contributed by atoms with Crippen molar-refractivity contribution >= 4 is 0 Å². The van der Waals surface area contributed by atoms with E-state index in [1.807, 2.05) is 38.4 Å². The maximum Gasteiger partial charge on any atom is 0.118 e. The normalized spacial score (nSPS) is 13.9. The van der Waals surface area contributed by atoms with Gasteiger partial charge in [-0.1, -0.05) is 6.92 Å². The Morgan fingerprint density at radius 1 is 1.39 bits per heavy atom. The highest BCUT2D eigenvalue weighted by Crippen LogP contribution is 2.10. The third-order valence-corrected chi connectivity index (χ3v) is 2.86. The number of aryl methyl sites for hydroxylation is 2. The lowest BCUT2D eigenvalue weighted by atomic mass is 10.1. The van der Waals surface area contributed by atoms with E-state index in [0.29, 0.717) is 13.0 Å². The smallest absolute Gasteiger partial charge is 0.118 e. The van der Waals surface area contributed by atoms with Crippen molar-refractivity contribution in [1.82, 2.24) is 15.1 Å². The predicted molar refractivity (Wildman–Crippen MR) is 73.6 cm³/mol. The minimum Gasteiger partial charge on any atom is -0.309 e. The van der Waals surface area contributed by atoms with Crippen LogP contribution in [0.4, 0.5) is 4.39 Å². The SMILES string of the molecule is CCc1cc(CC(F)CNC(C)(C)C)n(CC)n1. The van der Waals surface area contributed by atoms with Gasteiger partial charge in [0, 0.05) is 30.7 Å². The molecule has 1 aromatic rings. The molecule has 0 spiro atoms. The van der Waals surface area contributed by atoms with Crippen LogP contribution in [0.2, 0.25) is 0 Å². The van der Waals surface area contributed by atoms with Crippen molar-refractivity contribution in [2.24, 2.45) is 0 Å². The fraction of sp³-hybridized carbons (Fsp3) is 0.786. The molecule has 1 atom stereocenters. The van der Waals surface area contributed by atoms with Gasteiger partial charge in [-0.3, -0.25) is 4.68 Å². The Hall–Kier alpha value is -0.900. The number of alkyl halides is 1. The lowest BCUT2D eigenvalue weighted by Gasteiger charge is -2.22. The first-order valence-corrected chi connectivity index (χ1v) is 6.80. The number of hydrogen-bond acceptors (Lipinski definition) is 2. The van der Waals surface area contributed by atoms with Gasteiger partial charge in [0.25, 0.3) is 0 Å². The van der Waals surface area contributed by atoms with Crippen molar-refractivity contribution in [1.29, 1.82) is 0 Å². The molecule has 104 valence electrons. The van der Waals surface area contributed by atoms with Crippen molar-refractivity contribution < 1.29 is 4.39 Å². The summed E-state index contributed by atoms with van der Waals surface area (Å²) >= 11 is 0. The number of aromatic nitrogens is 2. The molecule has 1 heterocycles. The number of rotatable bonds is 6. The molecule has 1 aromatic heterocycles. The molecule has 0 saturated carbocycles. The summed E-state index contributed by atoms with van der Waals surface area (Å²) in [6, 6.07) is 2.02. The highest BCUT2D eigenvalue weighted by Gasteiger charge is 2.16. The first-order chi connectivity index (χ1) is 8.35. The third-order valence-electron chi connectivity index (χ3n) is 2.86. The number of nitrogens with zero attached hydrogens (tertiary/aromatic N) is 2. The Morgan fingerprint density at radius 3 is 2.56 bits per heavy atom. The van der Waals surface area contributed by atoms with Crippen LogP contribution in [0.15, 0.2) is 6.07 Å². The zero-order chi connectivity index (χ0) is 13.8. The van der Waals surface area contributed by atoms with Gasteiger partial charge in [0.1, 0.15) is 6.17 Å². The molecule has 4 heteroatoms. The fourth-order valence-corrected chi connectivity index (χ4v) is 1.84. The summed E-state index contributed by atoms with van der Waals surface area (Å²) in [6.45, 7) is 11.4. The van der Waals surface area contributed by atoms with Gasteiger partial charge in [0.05, 0.1) is 5.69 Å². The van der Waals surface area contributed by atoms with E-state index < -0.39 is 6.17 Å². The zero-order valence-corrected chi connectivity index (χ0v) is 12.3. The van der Waals surface area contributed by atoms with E-state index in [4.69, 9.17) is 0 Å². The van der Waals surface area contributed by atoms with Crippen molar-refractivity contribution in [3.8, 4) is 0 Å². The molecular formula is C14H26FN3. The molecule has 0 saturated heterocycles. The summed E-state index contributed by atoms with van der Waals surface area (Å²) in [6.07, 6.45) is 0.470. The molecule has 1 N–H and O–H groups in total. The van der Waals surface area contributed by atoms with Crippen LogP contribution in [0.1, 0.15) is 46.0 Å². The standard InChI is InChI=1S/C14H26FN3/c1-6-12-9-13(18(7-2)17-12)8-11(15)10-16-14(3,4)5/h9,11,16H,6-8,10H2,1-5H3. The average molecular weight is 255 g/mol. The zero-order valence-electron chi connectivity index (χ0n) is 12.3. The molecule has 0 amide bonds. The molecular weight excluding hydrogens is 229 g/mol. The van der Waals surface area contributed by atoms with Gasteiger partial charge >= 0.3 is 0 Å². The summed E-state index contributed by atoms with van der Waals surface area (Å²) in [5.74, 6) is 0. The summed E-state index contributed by atoms with van der Waals surface area (Å²) < 4.78 is 15.9. The molecule has 0 aromatic carbocycles. The Labute approximate surface area is 110 Å². The molecule has 0 aliphatic rings. The maximum absolute atomic E-state index is 13.9. The molecule has 1 rings (SSSR count). The molecule has 0 radical (unpaired) electrons. The summed E-state index contributed by atoms with van der Waals surface area (Å²) in [7, 11) is 0. The second-order valence-corrected chi connectivity index (χ2v) is 5.73. The molecule has 1 unspecified atom stereocenters. The second kappa shape index (κ2) is 6.32. The molecule has 0 aliphatic carbocycles. The van der Waals surface area contributed by atoms with Crippen LogP contribution in [0, 0.1) is 0 Å². The summed E-state index contributed by atoms with van der Waals surface area (Å²) in [4.78, 5) is 0. The number of hydrogen-bond donors (Lipinski definition) is 1. The van der Waals surface area contributed by atoms with E-state index in [1.54, 1.807) is 0 Å². The summed E-state index contributed by atoms with van der Waals surface area (Å²) in [5, 5.41) is 7.63. The first kappa shape index (κ1) is 15.2. The molecule has 3 nitrogen and oxygen atoms in total. The number of halogens is 1. The highest BCUT2D eigenvalue weighted by molar-refractivity contribution is 5.11. The second-order valence-electron chi connectivity index (χ2n) is 5.73. The van der Waals surface area contributed by atoms with Gasteiger partial charge in [0.2, 0.25) is 0 Å². The van der Waals surface area contributed by atoms with Crippen molar-refractivity contribution in [3.63, 3.8) is 0 Å². The van der Waals surface area contributed by atoms with Gasteiger partial charge in [-0.05, 0) is 40.2 Å². The minimum atomic E-state index is -0.865. The van der Waals surface area contributed by atoms with Crippen LogP contribution in [0.5, 0.6) is 0 Å². The van der Waals surface area contributed by atoms with Crippen molar-refractivity contribution in [2.75, 3.05) is 6.54 Å². The van der Waals surface area contributed by atoms with Crippen LogP contribution in [-0.2, 0) is 19.4 Å². The monoisotopic (exact) mass is 255 g/mol. The van der Waals surface area contributed by atoms with E-state index >= 15 is 0 Å². The predicted octanol–water partition coefficient (Wildman–Crippen LogP) is 2.73. The van der Waals surface area contributed by atoms with Gasteiger partial charge in [0.15, 0.2) is 0 Å². The van der Waals surface area contributed by atoms with E-state index in [-0.39, 0.29) is 5.54 Å². The Morgan fingerprint density at radius 2 is 2.06 bits per heavy atom. The van der Waals surface area contributed by atoms with Gasteiger partial charge in [-0.25, -0.2) is 4.39 Å². The lowest BCUT2D eigenvalue weighted by Crippen LogP contribution is -2.40. The molecule has 0 aliphatic heterocycles. The van der Waals surface area contributed by atoms with Gasteiger partial charge in [-0.15, -0.1) is 0 Å². The quantitative estimate of drug-likeness (QED) is 0.847. The topological polar surface area (TPSA) is 29.9 Å². The lowest BCUT2D eigenvalue weighted by molar-refractivity contribution is 0.280. The van der Waals surface area contributed by atoms with E-state index in [9.17, 15) is 4.39 Å². The van der Waals surface area contributed by atoms with Gasteiger partial charge in [-0.2, -0.15) is 5.10 Å². The largest absolute Gasteiger partial charge is 0.309 e. The summed E-state index contributed by atoms with van der Waals surface area (Å²) in [5.41, 5.74) is 2.00. The highest BCUT2D eigenvalue weighted by atomic mass is 19.1. The van der Waals surface area contributed by atoms with Crippen LogP contribution < -0.4 is 5.32 Å². The van der Waals surface area contributed by atoms with Crippen LogP contribution in [0.25, 0.3) is 0 Å². The first-order valence-electron chi connectivity index (χ1n) is 6.80. The maximum atomic E-state index is 13.9. The fourth-order valence-electron chi connectivity index (χ4n) is 1.84. The average Bonchev–Trinajstić information content (AvgIpc) is 2.68. The molecule has 18 heavy (non-hydrogen) atoms. The van der Waals surface area contributed by atoms with Crippen LogP contribution in [0.3, 0.4) is 0 Å². The van der Waals surface area contributed by atoms with E-state index in [2.05, 4.69) is 17.3 Å². The minimum absolute atomic E-state index is 0.0378. The van der Waals surface area contributed by atoms with Crippen LogP contribution >= 0.6 is 0 Å². The van der Waals surface area contributed by atoms with Gasteiger partial charge < -0.3 is 5.32 Å². The van der Waals surface area contributed by atoms with Crippen molar-refractivity contribution in [3.05, 3.63) is 17.5 Å². The molecule has 0 fully saturated rings. The molecule has 0 bridgehead atoms. The van der Waals surface area contributed by atoms with E-state index in [1.165, 1.54) is 0 Å². The number of nitrogens with one attached hydrogen (secondary N) is 1. The Bertz CT molecular complexity index is 366. The van der Waals surface area contributed by atoms with Crippen LogP contribution in [-0.4, -0.2) is 28.0 Å². The third kappa shape index (κ3) is 4.77. The van der Waals surface area contributed by atoms with E-state index in [0.717, 1.165) is 24.4 Å². The van der Waals surface area contributed by atoms with Crippen molar-refractivity contribution in [2.45, 2.75) is 65.7 Å². The Kier molecular flexibility index (Phi) is 5.32.